The van der Waals surface area contributed by atoms with Gasteiger partial charge in [0.25, 0.3) is 0 Å². The fourth-order valence-corrected chi connectivity index (χ4v) is 4.64. The lowest BCUT2D eigenvalue weighted by atomic mass is 9.86. The predicted octanol–water partition coefficient (Wildman–Crippen LogP) is 4.96. The van der Waals surface area contributed by atoms with Crippen LogP contribution in [0.4, 0.5) is 5.69 Å². The molecule has 6 rings (SSSR count). The van der Waals surface area contributed by atoms with Crippen molar-refractivity contribution in [1.82, 2.24) is 0 Å². The predicted molar refractivity (Wildman–Crippen MR) is 116 cm³/mol. The number of hydrogen-bond donors (Lipinski definition) is 0. The maximum atomic E-state index is 13.1. The summed E-state index contributed by atoms with van der Waals surface area (Å²) in [5.74, 6) is 0. The molecule has 0 radical (unpaired) electrons. The molecular weight excluding hydrogens is 366 g/mol. The van der Waals surface area contributed by atoms with Crippen LogP contribution >= 0.6 is 0 Å². The van der Waals surface area contributed by atoms with Crippen molar-refractivity contribution in [2.75, 3.05) is 0 Å². The molecule has 0 atom stereocenters. The van der Waals surface area contributed by atoms with Gasteiger partial charge in [-0.05, 0) is 43.8 Å². The van der Waals surface area contributed by atoms with Crippen molar-refractivity contribution in [2.45, 2.75) is 0 Å². The number of nitro groups is 1. The summed E-state index contributed by atoms with van der Waals surface area (Å²) in [5, 5.41) is 19.2. The van der Waals surface area contributed by atoms with Gasteiger partial charge >= 0.3 is 11.1 Å². The molecule has 5 nitrogen and oxygen atoms in total. The van der Waals surface area contributed by atoms with Gasteiger partial charge in [-0.25, -0.2) is 0 Å². The first kappa shape index (κ1) is 15.9. The molecule has 0 fully saturated rings. The zero-order chi connectivity index (χ0) is 19.9. The summed E-state index contributed by atoms with van der Waals surface area (Å²) in [4.78, 5) is 36.3. The van der Waals surface area contributed by atoms with Crippen LogP contribution in [0.3, 0.4) is 0 Å². The molecule has 0 amide bonds. The smallest absolute Gasteiger partial charge is 0.285 e. The fraction of sp³-hybridized carbons (Fsp3) is 0. The van der Waals surface area contributed by atoms with E-state index >= 15 is 0 Å². The summed E-state index contributed by atoms with van der Waals surface area (Å²) in [5.41, 5.74) is -2.57. The van der Waals surface area contributed by atoms with Crippen LogP contribution in [-0.2, 0) is 0 Å². The number of non-ortho nitro benzene ring substituents is 1. The van der Waals surface area contributed by atoms with Crippen molar-refractivity contribution >= 4 is 59.5 Å². The number of rotatable bonds is 1. The molecule has 0 unspecified atom stereocenters. The molecule has 136 valence electrons. The topological polar surface area (TPSA) is 77.3 Å². The normalized spacial score (nSPS) is 12.0. The third kappa shape index (κ3) is 1.88. The van der Waals surface area contributed by atoms with Crippen LogP contribution in [0.1, 0.15) is 0 Å². The summed E-state index contributed by atoms with van der Waals surface area (Å²) < 4.78 is 0. The van der Waals surface area contributed by atoms with Gasteiger partial charge in [0.15, 0.2) is 0 Å². The summed E-state index contributed by atoms with van der Waals surface area (Å²) >= 11 is 0. The van der Waals surface area contributed by atoms with E-state index in [1.165, 1.54) is 6.07 Å². The van der Waals surface area contributed by atoms with Crippen LogP contribution in [0.15, 0.2) is 76.3 Å². The number of nitrogens with zero attached hydrogens (tertiary/aromatic N) is 1. The third-order valence-corrected chi connectivity index (χ3v) is 5.82. The summed E-state index contributed by atoms with van der Waals surface area (Å²) in [7, 11) is 0. The Morgan fingerprint density at radius 3 is 2.14 bits per heavy atom. The SMILES string of the molecule is O=c1c([N+](=O)[O-])cc2c3cccc4ccc5cc6ccccc6c(c2c1=O)c5c43. The quantitative estimate of drug-likeness (QED) is 0.133. The van der Waals surface area contributed by atoms with Crippen molar-refractivity contribution in [3.8, 4) is 0 Å². The highest BCUT2D eigenvalue weighted by molar-refractivity contribution is 6.38. The maximum Gasteiger partial charge on any atom is 0.321 e. The van der Waals surface area contributed by atoms with E-state index < -0.39 is 21.5 Å². The summed E-state index contributed by atoms with van der Waals surface area (Å²) in [6, 6.07) is 20.7. The van der Waals surface area contributed by atoms with Gasteiger partial charge in [0.1, 0.15) is 0 Å². The molecule has 29 heavy (non-hydrogen) atoms. The van der Waals surface area contributed by atoms with Crippen LogP contribution in [0.25, 0.3) is 53.9 Å². The summed E-state index contributed by atoms with van der Waals surface area (Å²) in [6.07, 6.45) is 0. The van der Waals surface area contributed by atoms with Crippen LogP contribution in [0.5, 0.6) is 0 Å². The van der Waals surface area contributed by atoms with Crippen molar-refractivity contribution < 1.29 is 4.92 Å². The highest BCUT2D eigenvalue weighted by Crippen LogP contribution is 2.43. The molecule has 0 spiro atoms. The highest BCUT2D eigenvalue weighted by Gasteiger charge is 2.23. The first-order valence-electron chi connectivity index (χ1n) is 9.13. The van der Waals surface area contributed by atoms with E-state index in [1.54, 1.807) is 0 Å². The Bertz CT molecular complexity index is 1770. The largest absolute Gasteiger partial charge is 0.321 e. The Labute approximate surface area is 162 Å². The molecule has 0 heterocycles. The first-order chi connectivity index (χ1) is 14.1. The van der Waals surface area contributed by atoms with E-state index in [-0.39, 0.29) is 5.39 Å². The van der Waals surface area contributed by atoms with Crippen molar-refractivity contribution in [3.05, 3.63) is 97.3 Å². The van der Waals surface area contributed by atoms with Gasteiger partial charge in [-0.15, -0.1) is 0 Å². The molecule has 0 saturated heterocycles. The summed E-state index contributed by atoms with van der Waals surface area (Å²) in [6.45, 7) is 0. The number of hydrogen-bond acceptors (Lipinski definition) is 4. The standard InChI is InChI=1S/C24H11NO4/c26-23-18(25(28)29)11-17-16-7-3-5-12-8-9-14-10-13-4-1-2-6-15(13)21(20(14)19(12)16)22(17)24(23)27/h1-11H. The van der Waals surface area contributed by atoms with Crippen molar-refractivity contribution in [1.29, 1.82) is 0 Å². The molecule has 0 saturated carbocycles. The van der Waals surface area contributed by atoms with E-state index in [0.717, 1.165) is 37.7 Å². The lowest BCUT2D eigenvalue weighted by Gasteiger charge is -2.16. The van der Waals surface area contributed by atoms with Crippen molar-refractivity contribution in [2.24, 2.45) is 0 Å². The van der Waals surface area contributed by atoms with Crippen molar-refractivity contribution in [3.63, 3.8) is 0 Å². The van der Waals surface area contributed by atoms with E-state index in [2.05, 4.69) is 6.07 Å². The first-order valence-corrected chi connectivity index (χ1v) is 9.13. The van der Waals surface area contributed by atoms with Gasteiger partial charge < -0.3 is 0 Å². The molecule has 6 aromatic rings. The molecule has 0 aliphatic carbocycles. The van der Waals surface area contributed by atoms with E-state index in [9.17, 15) is 19.7 Å². The zero-order valence-corrected chi connectivity index (χ0v) is 14.9. The minimum Gasteiger partial charge on any atom is -0.285 e. The van der Waals surface area contributed by atoms with Crippen LogP contribution < -0.4 is 10.9 Å². The van der Waals surface area contributed by atoms with Gasteiger partial charge in [-0.1, -0.05) is 54.6 Å². The second-order valence-corrected chi connectivity index (χ2v) is 7.27. The Morgan fingerprint density at radius 2 is 1.31 bits per heavy atom. The van der Waals surface area contributed by atoms with E-state index in [1.807, 2.05) is 54.6 Å². The monoisotopic (exact) mass is 377 g/mol. The van der Waals surface area contributed by atoms with Gasteiger partial charge in [0, 0.05) is 22.2 Å². The minimum absolute atomic E-state index is 0.258. The number of benzene rings is 6. The molecule has 0 bridgehead atoms. The van der Waals surface area contributed by atoms with Gasteiger partial charge in [-0.3, -0.25) is 19.7 Å². The number of nitro benzene ring substituents is 1. The Morgan fingerprint density at radius 1 is 0.586 bits per heavy atom. The second-order valence-electron chi connectivity index (χ2n) is 7.27. The van der Waals surface area contributed by atoms with E-state index in [4.69, 9.17) is 0 Å². The van der Waals surface area contributed by atoms with E-state index in [0.29, 0.717) is 10.8 Å². The van der Waals surface area contributed by atoms with Gasteiger partial charge in [0.05, 0.1) is 4.92 Å². The Kier molecular flexibility index (Phi) is 2.87. The lowest BCUT2D eigenvalue weighted by molar-refractivity contribution is -0.385. The molecule has 0 N–H and O–H groups in total. The Hall–Kier alpha value is -4.12. The minimum atomic E-state index is -1.07. The van der Waals surface area contributed by atoms with Crippen LogP contribution in [0.2, 0.25) is 0 Å². The van der Waals surface area contributed by atoms with Gasteiger partial charge in [-0.2, -0.15) is 0 Å². The average molecular weight is 377 g/mol. The van der Waals surface area contributed by atoms with Crippen LogP contribution in [0, 0.1) is 10.1 Å². The average Bonchev–Trinajstić information content (AvgIpc) is 2.73. The molecule has 0 aliphatic rings. The molecule has 0 aromatic heterocycles. The Balaban J connectivity index is 2.13. The third-order valence-electron chi connectivity index (χ3n) is 5.82. The molecule has 5 heteroatoms. The fourth-order valence-electron chi connectivity index (χ4n) is 4.64. The lowest BCUT2D eigenvalue weighted by Crippen LogP contribution is -2.26. The molecular formula is C24H11NO4. The highest BCUT2D eigenvalue weighted by atomic mass is 16.6. The molecule has 6 aromatic carbocycles. The van der Waals surface area contributed by atoms with Crippen LogP contribution in [-0.4, -0.2) is 4.92 Å². The maximum absolute atomic E-state index is 13.1. The second kappa shape index (κ2) is 5.23. The molecule has 0 aliphatic heterocycles. The van der Waals surface area contributed by atoms with Gasteiger partial charge in [0.2, 0.25) is 5.43 Å². The zero-order valence-electron chi connectivity index (χ0n) is 14.9. The number of fused-ring (bicyclic) bond motifs is 5.